The van der Waals surface area contributed by atoms with Crippen molar-refractivity contribution in [1.82, 2.24) is 24.9 Å². The van der Waals surface area contributed by atoms with Crippen molar-refractivity contribution in [2.24, 2.45) is 0 Å². The van der Waals surface area contributed by atoms with E-state index in [1.54, 1.807) is 17.4 Å². The molecule has 0 atom stereocenters. The van der Waals surface area contributed by atoms with E-state index in [1.165, 1.54) is 4.70 Å². The third-order valence-corrected chi connectivity index (χ3v) is 11.3. The van der Waals surface area contributed by atoms with Gasteiger partial charge in [-0.2, -0.15) is 0 Å². The van der Waals surface area contributed by atoms with Gasteiger partial charge in [0, 0.05) is 48.9 Å². The van der Waals surface area contributed by atoms with Gasteiger partial charge in [-0.05, 0) is 48.4 Å². The molecule has 270 valence electrons. The van der Waals surface area contributed by atoms with Crippen LogP contribution in [-0.2, 0) is 0 Å². The monoisotopic (exact) mass is 751 g/mol. The van der Waals surface area contributed by atoms with E-state index in [4.69, 9.17) is 29.3 Å². The zero-order chi connectivity index (χ0) is 38.3. The van der Waals surface area contributed by atoms with Crippen LogP contribution in [0, 0.1) is 0 Å². The molecule has 6 aromatic carbocycles. The van der Waals surface area contributed by atoms with Crippen LogP contribution in [0.15, 0.2) is 175 Å². The van der Waals surface area contributed by atoms with Crippen LogP contribution in [0.3, 0.4) is 0 Å². The molecule has 10 rings (SSSR count). The molecular weight excluding hydrogens is 719 g/mol. The number of fused-ring (bicyclic) bond motifs is 4. The van der Waals surface area contributed by atoms with Gasteiger partial charge in [-0.25, -0.2) is 24.9 Å². The number of hydrogen-bond acceptors (Lipinski definition) is 7. The van der Waals surface area contributed by atoms with Crippen molar-refractivity contribution in [2.75, 3.05) is 0 Å². The summed E-state index contributed by atoms with van der Waals surface area (Å²) in [6.45, 7) is 6.17. The highest BCUT2D eigenvalue weighted by molar-refractivity contribution is 7.26. The van der Waals surface area contributed by atoms with Gasteiger partial charge in [-0.15, -0.1) is 11.3 Å². The molecule has 0 aliphatic rings. The SMILES string of the molecule is C=Cc1oc2cc(-c3nc(-c4ccccc4)nc4c3sc3ccccc34)ccc2c1/C(=C\C)c1nc(-c2ccccc2)nc(-c2cccc(-c3ccccc3)c2)n1. The predicted octanol–water partition coefficient (Wildman–Crippen LogP) is 13.2. The molecule has 0 amide bonds. The van der Waals surface area contributed by atoms with Gasteiger partial charge in [0.2, 0.25) is 0 Å². The molecular formula is C50H33N5OS. The average Bonchev–Trinajstić information content (AvgIpc) is 3.85. The molecule has 4 heterocycles. The zero-order valence-corrected chi connectivity index (χ0v) is 31.7. The Balaban J connectivity index is 1.13. The van der Waals surface area contributed by atoms with Crippen LogP contribution < -0.4 is 0 Å². The minimum absolute atomic E-state index is 0.539. The Hall–Kier alpha value is -7.35. The van der Waals surface area contributed by atoms with Crippen LogP contribution in [0.4, 0.5) is 0 Å². The first-order valence-corrected chi connectivity index (χ1v) is 19.6. The molecule has 0 aliphatic carbocycles. The van der Waals surface area contributed by atoms with Gasteiger partial charge in [-0.3, -0.25) is 0 Å². The lowest BCUT2D eigenvalue weighted by Crippen LogP contribution is -2.04. The van der Waals surface area contributed by atoms with Gasteiger partial charge in [0.05, 0.1) is 15.9 Å². The number of rotatable bonds is 8. The lowest BCUT2D eigenvalue weighted by molar-refractivity contribution is 0.603. The van der Waals surface area contributed by atoms with E-state index in [9.17, 15) is 0 Å². The highest BCUT2D eigenvalue weighted by Gasteiger charge is 2.23. The van der Waals surface area contributed by atoms with E-state index in [0.29, 0.717) is 34.6 Å². The Morgan fingerprint density at radius 3 is 1.86 bits per heavy atom. The molecule has 7 heteroatoms. The minimum Gasteiger partial charge on any atom is -0.456 e. The van der Waals surface area contributed by atoms with Crippen molar-refractivity contribution in [3.8, 4) is 56.5 Å². The molecule has 0 radical (unpaired) electrons. The normalized spacial score (nSPS) is 11.8. The smallest absolute Gasteiger partial charge is 0.164 e. The summed E-state index contributed by atoms with van der Waals surface area (Å²) < 4.78 is 8.82. The largest absolute Gasteiger partial charge is 0.456 e. The molecule has 4 aromatic heterocycles. The van der Waals surface area contributed by atoms with Crippen molar-refractivity contribution < 1.29 is 4.42 Å². The van der Waals surface area contributed by atoms with Crippen LogP contribution in [0.25, 0.3) is 99.5 Å². The molecule has 0 fully saturated rings. The standard InChI is InChI=1S/C50H33N5OS/c1-3-37(50-54-48(33-21-12-7-13-22-33)53-49(55-50)36-24-16-23-34(29-36)31-17-8-5-9-18-31)43-38-28-27-35(30-41(38)56-40(43)4-2)44-46-45(39-25-14-15-26-42(39)57-46)52-47(51-44)32-19-10-6-11-20-32/h3-30H,2H2,1H3/b37-3+. The zero-order valence-electron chi connectivity index (χ0n) is 30.9. The Labute approximate surface area is 333 Å². The summed E-state index contributed by atoms with van der Waals surface area (Å²) in [5.41, 5.74) is 10.1. The number of thiophene rings is 1. The fourth-order valence-corrected chi connectivity index (χ4v) is 8.54. The molecule has 0 N–H and O–H groups in total. The summed E-state index contributed by atoms with van der Waals surface area (Å²) in [6.07, 6.45) is 3.79. The summed E-state index contributed by atoms with van der Waals surface area (Å²) in [5.74, 6) is 3.01. The van der Waals surface area contributed by atoms with Crippen LogP contribution >= 0.6 is 11.3 Å². The van der Waals surface area contributed by atoms with Gasteiger partial charge in [0.15, 0.2) is 23.3 Å². The van der Waals surface area contributed by atoms with Crippen LogP contribution in [0.5, 0.6) is 0 Å². The van der Waals surface area contributed by atoms with Crippen LogP contribution in [0.1, 0.15) is 24.1 Å². The number of benzene rings is 6. The summed E-state index contributed by atoms with van der Waals surface area (Å²) in [4.78, 5) is 25.6. The number of allylic oxidation sites excluding steroid dienone is 1. The summed E-state index contributed by atoms with van der Waals surface area (Å²) in [6, 6.07) is 53.5. The number of furan rings is 1. The third-order valence-electron chi connectivity index (χ3n) is 10.1. The Morgan fingerprint density at radius 2 is 1.16 bits per heavy atom. The second-order valence-electron chi connectivity index (χ2n) is 13.6. The Kier molecular flexibility index (Phi) is 8.62. The molecule has 0 spiro atoms. The van der Waals surface area contributed by atoms with Gasteiger partial charge in [0.25, 0.3) is 0 Å². The molecule has 0 saturated heterocycles. The van der Waals surface area contributed by atoms with Crippen molar-refractivity contribution in [3.05, 3.63) is 188 Å². The molecule has 10 aromatic rings. The predicted molar refractivity (Wildman–Crippen MR) is 235 cm³/mol. The highest BCUT2D eigenvalue weighted by Crippen LogP contribution is 2.42. The Bertz CT molecular complexity index is 3150. The first kappa shape index (κ1) is 34.2. The lowest BCUT2D eigenvalue weighted by Gasteiger charge is -2.12. The van der Waals surface area contributed by atoms with E-state index < -0.39 is 0 Å². The maximum atomic E-state index is 6.63. The lowest BCUT2D eigenvalue weighted by atomic mass is 9.99. The molecule has 6 nitrogen and oxygen atoms in total. The van der Waals surface area contributed by atoms with Crippen LogP contribution in [-0.4, -0.2) is 24.9 Å². The van der Waals surface area contributed by atoms with Crippen molar-refractivity contribution in [3.63, 3.8) is 0 Å². The molecule has 57 heavy (non-hydrogen) atoms. The second kappa shape index (κ2) is 14.4. The fraction of sp³-hybridized carbons (Fsp3) is 0.0200. The first-order chi connectivity index (χ1) is 28.1. The van der Waals surface area contributed by atoms with Gasteiger partial charge in [0.1, 0.15) is 11.3 Å². The number of hydrogen-bond donors (Lipinski definition) is 0. The van der Waals surface area contributed by atoms with E-state index in [1.807, 2.05) is 104 Å². The average molecular weight is 752 g/mol. The maximum Gasteiger partial charge on any atom is 0.164 e. The molecule has 0 bridgehead atoms. The number of aromatic nitrogens is 5. The van der Waals surface area contributed by atoms with Crippen molar-refractivity contribution in [2.45, 2.75) is 6.92 Å². The third kappa shape index (κ3) is 6.20. The molecule has 0 saturated carbocycles. The van der Waals surface area contributed by atoms with Gasteiger partial charge in [-0.1, -0.05) is 146 Å². The number of nitrogens with zero attached hydrogens (tertiary/aromatic N) is 5. The van der Waals surface area contributed by atoms with Crippen molar-refractivity contribution >= 4 is 54.3 Å². The van der Waals surface area contributed by atoms with E-state index in [0.717, 1.165) is 71.2 Å². The van der Waals surface area contributed by atoms with Gasteiger partial charge >= 0.3 is 0 Å². The second-order valence-corrected chi connectivity index (χ2v) is 14.7. The molecule has 0 unspecified atom stereocenters. The quantitative estimate of drug-likeness (QED) is 0.154. The first-order valence-electron chi connectivity index (χ1n) is 18.7. The Morgan fingerprint density at radius 1 is 0.544 bits per heavy atom. The summed E-state index contributed by atoms with van der Waals surface area (Å²) in [7, 11) is 0. The van der Waals surface area contributed by atoms with Gasteiger partial charge < -0.3 is 4.42 Å². The fourth-order valence-electron chi connectivity index (χ4n) is 7.38. The highest BCUT2D eigenvalue weighted by atomic mass is 32.1. The van der Waals surface area contributed by atoms with E-state index in [2.05, 4.69) is 73.3 Å². The molecule has 0 aliphatic heterocycles. The maximum absolute atomic E-state index is 6.63. The topological polar surface area (TPSA) is 77.6 Å². The van der Waals surface area contributed by atoms with E-state index in [-0.39, 0.29) is 0 Å². The minimum atomic E-state index is 0.539. The van der Waals surface area contributed by atoms with E-state index >= 15 is 0 Å². The van der Waals surface area contributed by atoms with Crippen LogP contribution in [0.2, 0.25) is 0 Å². The van der Waals surface area contributed by atoms with Crippen molar-refractivity contribution in [1.29, 1.82) is 0 Å². The summed E-state index contributed by atoms with van der Waals surface area (Å²) >= 11 is 1.71. The summed E-state index contributed by atoms with van der Waals surface area (Å²) in [5, 5.41) is 2.03.